The smallest absolute Gasteiger partial charge is 0.180 e. The summed E-state index contributed by atoms with van der Waals surface area (Å²) >= 11 is 1.51. The van der Waals surface area contributed by atoms with Crippen LogP contribution in [0.2, 0.25) is 0 Å². The molecule has 2 N–H and O–H groups in total. The predicted molar refractivity (Wildman–Crippen MR) is 69.9 cm³/mol. The molecule has 0 radical (unpaired) electrons. The first-order valence-electron chi connectivity index (χ1n) is 5.34. The predicted octanol–water partition coefficient (Wildman–Crippen LogP) is 3.06. The number of nitrogens with two attached hydrogens (primary N) is 1. The SMILES string of the molecule is Cc1nc(N)sc1C(C)c1cccc(C#N)c1. The summed E-state index contributed by atoms with van der Waals surface area (Å²) in [7, 11) is 0. The molecule has 0 aliphatic heterocycles. The number of nitriles is 1. The Morgan fingerprint density at radius 1 is 1.47 bits per heavy atom. The highest BCUT2D eigenvalue weighted by Gasteiger charge is 2.15. The van der Waals surface area contributed by atoms with Crippen molar-refractivity contribution in [1.29, 1.82) is 5.26 Å². The molecular formula is C13H13N3S. The van der Waals surface area contributed by atoms with Gasteiger partial charge in [-0.15, -0.1) is 11.3 Å². The zero-order valence-corrected chi connectivity index (χ0v) is 10.6. The lowest BCUT2D eigenvalue weighted by Gasteiger charge is -2.10. The molecule has 0 spiro atoms. The van der Waals surface area contributed by atoms with Crippen molar-refractivity contribution in [3.05, 3.63) is 46.0 Å². The van der Waals surface area contributed by atoms with E-state index in [-0.39, 0.29) is 5.92 Å². The normalized spacial score (nSPS) is 12.1. The van der Waals surface area contributed by atoms with Gasteiger partial charge in [0.05, 0.1) is 17.3 Å². The summed E-state index contributed by atoms with van der Waals surface area (Å²) < 4.78 is 0. The second-order valence-electron chi connectivity index (χ2n) is 3.96. The van der Waals surface area contributed by atoms with Gasteiger partial charge in [0.1, 0.15) is 0 Å². The van der Waals surface area contributed by atoms with Crippen LogP contribution in [-0.2, 0) is 0 Å². The average Bonchev–Trinajstić information content (AvgIpc) is 2.67. The number of hydrogen-bond donors (Lipinski definition) is 1. The van der Waals surface area contributed by atoms with Crippen molar-refractivity contribution < 1.29 is 0 Å². The number of aromatic nitrogens is 1. The molecule has 1 unspecified atom stereocenters. The molecule has 0 aliphatic rings. The molecule has 2 aromatic rings. The van der Waals surface area contributed by atoms with Crippen molar-refractivity contribution >= 4 is 16.5 Å². The molecule has 4 heteroatoms. The Hall–Kier alpha value is -1.86. The van der Waals surface area contributed by atoms with E-state index in [0.29, 0.717) is 10.7 Å². The molecule has 3 nitrogen and oxygen atoms in total. The van der Waals surface area contributed by atoms with Crippen LogP contribution in [0.25, 0.3) is 0 Å². The Kier molecular flexibility index (Phi) is 3.12. The minimum atomic E-state index is 0.220. The summed E-state index contributed by atoms with van der Waals surface area (Å²) in [5.74, 6) is 0.220. The molecule has 17 heavy (non-hydrogen) atoms. The van der Waals surface area contributed by atoms with Crippen LogP contribution < -0.4 is 5.73 Å². The Labute approximate surface area is 105 Å². The molecule has 1 atom stereocenters. The first-order valence-corrected chi connectivity index (χ1v) is 6.16. The average molecular weight is 243 g/mol. The Bertz CT molecular complexity index is 581. The lowest BCUT2D eigenvalue weighted by molar-refractivity contribution is 0.926. The van der Waals surface area contributed by atoms with E-state index in [1.54, 1.807) is 0 Å². The van der Waals surface area contributed by atoms with Crippen LogP contribution in [0.3, 0.4) is 0 Å². The molecular weight excluding hydrogens is 230 g/mol. The summed E-state index contributed by atoms with van der Waals surface area (Å²) in [6.45, 7) is 4.07. The van der Waals surface area contributed by atoms with Crippen LogP contribution in [0.15, 0.2) is 24.3 Å². The summed E-state index contributed by atoms with van der Waals surface area (Å²) in [6.07, 6.45) is 0. The topological polar surface area (TPSA) is 62.7 Å². The molecule has 0 saturated heterocycles. The number of benzene rings is 1. The molecule has 0 aliphatic carbocycles. The van der Waals surface area contributed by atoms with Crippen LogP contribution >= 0.6 is 11.3 Å². The third-order valence-corrected chi connectivity index (χ3v) is 3.93. The fourth-order valence-corrected chi connectivity index (χ4v) is 2.77. The summed E-state index contributed by atoms with van der Waals surface area (Å²) in [5.41, 5.74) is 8.49. The second kappa shape index (κ2) is 4.56. The van der Waals surface area contributed by atoms with Gasteiger partial charge in [-0.05, 0) is 24.6 Å². The van der Waals surface area contributed by atoms with Crippen LogP contribution in [0.4, 0.5) is 5.13 Å². The zero-order chi connectivity index (χ0) is 12.4. The molecule has 0 saturated carbocycles. The maximum atomic E-state index is 8.89. The number of nitrogens with zero attached hydrogens (tertiary/aromatic N) is 2. The zero-order valence-electron chi connectivity index (χ0n) is 9.77. The summed E-state index contributed by atoms with van der Waals surface area (Å²) in [4.78, 5) is 5.40. The van der Waals surface area contributed by atoms with E-state index in [4.69, 9.17) is 11.0 Å². The number of nitrogen functional groups attached to an aromatic ring is 1. The number of hydrogen-bond acceptors (Lipinski definition) is 4. The van der Waals surface area contributed by atoms with Crippen LogP contribution in [0, 0.1) is 18.3 Å². The van der Waals surface area contributed by atoms with Gasteiger partial charge in [-0.3, -0.25) is 0 Å². The number of anilines is 1. The fraction of sp³-hybridized carbons (Fsp3) is 0.231. The molecule has 1 aromatic heterocycles. The molecule has 86 valence electrons. The lowest BCUT2D eigenvalue weighted by atomic mass is 9.97. The van der Waals surface area contributed by atoms with Crippen molar-refractivity contribution in [2.75, 3.05) is 5.73 Å². The van der Waals surface area contributed by atoms with E-state index >= 15 is 0 Å². The number of aryl methyl sites for hydroxylation is 1. The second-order valence-corrected chi connectivity index (χ2v) is 5.02. The molecule has 0 bridgehead atoms. The third kappa shape index (κ3) is 2.29. The van der Waals surface area contributed by atoms with E-state index in [2.05, 4.69) is 18.0 Å². The standard InChI is InChI=1S/C13H13N3S/c1-8(12-9(2)16-13(15)17-12)11-5-3-4-10(6-11)7-14/h3-6,8H,1-2H3,(H2,15,16). The van der Waals surface area contributed by atoms with Gasteiger partial charge in [0.15, 0.2) is 5.13 Å². The highest BCUT2D eigenvalue weighted by atomic mass is 32.1. The van der Waals surface area contributed by atoms with E-state index in [9.17, 15) is 0 Å². The molecule has 2 rings (SSSR count). The van der Waals surface area contributed by atoms with Crippen molar-refractivity contribution in [3.63, 3.8) is 0 Å². The number of thiazole rings is 1. The fourth-order valence-electron chi connectivity index (χ4n) is 1.86. The number of rotatable bonds is 2. The molecule has 1 heterocycles. The maximum absolute atomic E-state index is 8.89. The first-order chi connectivity index (χ1) is 8.11. The van der Waals surface area contributed by atoms with Gasteiger partial charge in [-0.1, -0.05) is 19.1 Å². The van der Waals surface area contributed by atoms with Gasteiger partial charge in [0.2, 0.25) is 0 Å². The minimum Gasteiger partial charge on any atom is -0.375 e. The molecule has 0 amide bonds. The van der Waals surface area contributed by atoms with Crippen molar-refractivity contribution in [3.8, 4) is 6.07 Å². The minimum absolute atomic E-state index is 0.220. The molecule has 1 aromatic carbocycles. The maximum Gasteiger partial charge on any atom is 0.180 e. The quantitative estimate of drug-likeness (QED) is 0.881. The van der Waals surface area contributed by atoms with Crippen molar-refractivity contribution in [1.82, 2.24) is 4.98 Å². The van der Waals surface area contributed by atoms with Crippen LogP contribution in [-0.4, -0.2) is 4.98 Å². The van der Waals surface area contributed by atoms with Gasteiger partial charge in [-0.2, -0.15) is 5.26 Å². The van der Waals surface area contributed by atoms with E-state index in [0.717, 1.165) is 16.1 Å². The Morgan fingerprint density at radius 2 is 2.24 bits per heavy atom. The van der Waals surface area contributed by atoms with Crippen LogP contribution in [0.1, 0.15) is 34.5 Å². The largest absolute Gasteiger partial charge is 0.375 e. The Morgan fingerprint density at radius 3 is 2.82 bits per heavy atom. The highest BCUT2D eigenvalue weighted by molar-refractivity contribution is 7.15. The van der Waals surface area contributed by atoms with E-state index in [1.165, 1.54) is 11.3 Å². The van der Waals surface area contributed by atoms with Crippen molar-refractivity contribution in [2.45, 2.75) is 19.8 Å². The van der Waals surface area contributed by atoms with Crippen LogP contribution in [0.5, 0.6) is 0 Å². The van der Waals surface area contributed by atoms with Gasteiger partial charge in [0.25, 0.3) is 0 Å². The first kappa shape index (κ1) is 11.6. The summed E-state index contributed by atoms with van der Waals surface area (Å²) in [6, 6.07) is 9.82. The van der Waals surface area contributed by atoms with E-state index in [1.807, 2.05) is 31.2 Å². The Balaban J connectivity index is 2.40. The van der Waals surface area contributed by atoms with E-state index < -0.39 is 0 Å². The van der Waals surface area contributed by atoms with Gasteiger partial charge >= 0.3 is 0 Å². The van der Waals surface area contributed by atoms with Gasteiger partial charge in [-0.25, -0.2) is 4.98 Å². The van der Waals surface area contributed by atoms with Crippen molar-refractivity contribution in [2.24, 2.45) is 0 Å². The highest BCUT2D eigenvalue weighted by Crippen LogP contribution is 2.32. The monoisotopic (exact) mass is 243 g/mol. The third-order valence-electron chi connectivity index (χ3n) is 2.76. The summed E-state index contributed by atoms with van der Waals surface area (Å²) in [5, 5.41) is 9.49. The van der Waals surface area contributed by atoms with Gasteiger partial charge in [0, 0.05) is 10.8 Å². The van der Waals surface area contributed by atoms with Gasteiger partial charge < -0.3 is 5.73 Å². The molecule has 0 fully saturated rings. The lowest BCUT2D eigenvalue weighted by Crippen LogP contribution is -1.96.